The Kier molecular flexibility index (Phi) is 4.46. The third-order valence-corrected chi connectivity index (χ3v) is 5.56. The second-order valence-corrected chi connectivity index (χ2v) is 6.65. The minimum Gasteiger partial charge on any atom is -0.297 e. The maximum Gasteiger partial charge on any atom is 0.0636 e. The number of likely N-dealkylation sites (N-methyl/N-ethyl adjacent to an activating group) is 1. The van der Waals surface area contributed by atoms with Crippen molar-refractivity contribution in [1.82, 2.24) is 10.4 Å². The predicted molar refractivity (Wildman–Crippen MR) is 86.6 cm³/mol. The second kappa shape index (κ2) is 6.17. The number of nitrogens with one attached hydrogen (secondary N) is 1. The first-order valence-electron chi connectivity index (χ1n) is 7.27. The topological polar surface area (TPSA) is 24.5 Å². The van der Waals surface area contributed by atoms with Crippen molar-refractivity contribution in [2.75, 3.05) is 14.2 Å². The average molecular weight is 327 g/mol. The molecular formula is C16H20Cl2N2O. The number of nitrogens with zero attached hydrogens (tertiary/aromatic N) is 1. The van der Waals surface area contributed by atoms with Crippen LogP contribution in [0.25, 0.3) is 0 Å². The minimum atomic E-state index is 0.371. The van der Waals surface area contributed by atoms with Gasteiger partial charge in [-0.1, -0.05) is 29.3 Å². The molecule has 2 bridgehead atoms. The summed E-state index contributed by atoms with van der Waals surface area (Å²) in [5.74, 6) is 0.371. The van der Waals surface area contributed by atoms with Crippen LogP contribution in [0, 0.1) is 0 Å². The van der Waals surface area contributed by atoms with Gasteiger partial charge in [-0.2, -0.15) is 0 Å². The van der Waals surface area contributed by atoms with Gasteiger partial charge in [0, 0.05) is 24.2 Å². The number of fused-ring (bicyclic) bond motifs is 2. The van der Waals surface area contributed by atoms with E-state index in [0.29, 0.717) is 28.0 Å². The van der Waals surface area contributed by atoms with E-state index in [9.17, 15) is 0 Å². The summed E-state index contributed by atoms with van der Waals surface area (Å²) in [7, 11) is 3.85. The lowest BCUT2D eigenvalue weighted by Gasteiger charge is -2.39. The van der Waals surface area contributed by atoms with Crippen LogP contribution in [0.5, 0.6) is 0 Å². The quantitative estimate of drug-likeness (QED) is 0.850. The van der Waals surface area contributed by atoms with Gasteiger partial charge in [0.1, 0.15) is 0 Å². The van der Waals surface area contributed by atoms with E-state index in [1.165, 1.54) is 24.0 Å². The van der Waals surface area contributed by atoms with Crippen LogP contribution in [-0.2, 0) is 4.84 Å². The van der Waals surface area contributed by atoms with E-state index >= 15 is 0 Å². The molecule has 2 fully saturated rings. The minimum absolute atomic E-state index is 0.371. The average Bonchev–Trinajstić information content (AvgIpc) is 2.72. The van der Waals surface area contributed by atoms with E-state index in [-0.39, 0.29) is 0 Å². The highest BCUT2D eigenvalue weighted by atomic mass is 35.5. The predicted octanol–water partition coefficient (Wildman–Crippen LogP) is 3.98. The zero-order chi connectivity index (χ0) is 15.0. The summed E-state index contributed by atoms with van der Waals surface area (Å²) >= 11 is 12.2. The van der Waals surface area contributed by atoms with Crippen LogP contribution in [0.3, 0.4) is 0 Å². The molecule has 5 heteroatoms. The van der Waals surface area contributed by atoms with Crippen LogP contribution in [-0.4, -0.2) is 31.1 Å². The van der Waals surface area contributed by atoms with Crippen LogP contribution in [0.2, 0.25) is 10.0 Å². The molecule has 1 aromatic rings. The molecule has 1 N–H and O–H groups in total. The number of hydrogen-bond donors (Lipinski definition) is 1. The Morgan fingerprint density at radius 2 is 2.10 bits per heavy atom. The van der Waals surface area contributed by atoms with Crippen molar-refractivity contribution >= 4 is 23.2 Å². The third kappa shape index (κ3) is 2.80. The maximum absolute atomic E-state index is 6.20. The molecule has 3 atom stereocenters. The molecule has 0 unspecified atom stereocenters. The summed E-state index contributed by atoms with van der Waals surface area (Å²) in [4.78, 5) is 7.50. The third-order valence-electron chi connectivity index (χ3n) is 4.83. The summed E-state index contributed by atoms with van der Waals surface area (Å²) < 4.78 is 0. The van der Waals surface area contributed by atoms with Crippen LogP contribution in [0.4, 0.5) is 0 Å². The molecule has 2 aliphatic rings. The SMILES string of the molecule is CONC=C1[C@H]2CC[C@@H](C[C@@H]1c1ccc(Cl)c(Cl)c1)N2C. The first-order chi connectivity index (χ1) is 10.1. The lowest BCUT2D eigenvalue weighted by atomic mass is 9.81. The van der Waals surface area contributed by atoms with Gasteiger partial charge in [-0.25, -0.2) is 0 Å². The molecule has 0 radical (unpaired) electrons. The smallest absolute Gasteiger partial charge is 0.0636 e. The van der Waals surface area contributed by atoms with Crippen molar-refractivity contribution in [3.63, 3.8) is 0 Å². The Balaban J connectivity index is 1.96. The largest absolute Gasteiger partial charge is 0.297 e. The van der Waals surface area contributed by atoms with Crippen molar-refractivity contribution < 1.29 is 4.84 Å². The number of hydroxylamine groups is 1. The molecule has 1 aromatic carbocycles. The van der Waals surface area contributed by atoms with Gasteiger partial charge >= 0.3 is 0 Å². The Hall–Kier alpha value is -0.740. The van der Waals surface area contributed by atoms with E-state index in [1.54, 1.807) is 7.11 Å². The van der Waals surface area contributed by atoms with Crippen molar-refractivity contribution in [3.05, 3.63) is 45.6 Å². The summed E-state index contributed by atoms with van der Waals surface area (Å²) in [6.07, 6.45) is 5.58. The number of piperidine rings is 1. The number of hydrogen-bond acceptors (Lipinski definition) is 3. The molecule has 3 rings (SSSR count). The van der Waals surface area contributed by atoms with Crippen molar-refractivity contribution in [1.29, 1.82) is 0 Å². The van der Waals surface area contributed by atoms with Crippen LogP contribution in [0.1, 0.15) is 30.7 Å². The summed E-state index contributed by atoms with van der Waals surface area (Å²) in [5.41, 5.74) is 5.50. The summed E-state index contributed by atoms with van der Waals surface area (Å²) in [5, 5.41) is 1.23. The Morgan fingerprint density at radius 1 is 1.29 bits per heavy atom. The maximum atomic E-state index is 6.20. The van der Waals surface area contributed by atoms with Gasteiger partial charge in [-0.3, -0.25) is 15.2 Å². The number of rotatable bonds is 3. The fraction of sp³-hybridized carbons (Fsp3) is 0.500. The molecule has 3 nitrogen and oxygen atoms in total. The summed E-state index contributed by atoms with van der Waals surface area (Å²) in [6.45, 7) is 0. The fourth-order valence-electron chi connectivity index (χ4n) is 3.72. The first-order valence-corrected chi connectivity index (χ1v) is 8.02. The van der Waals surface area contributed by atoms with Gasteiger partial charge in [0.25, 0.3) is 0 Å². The number of benzene rings is 1. The fourth-order valence-corrected chi connectivity index (χ4v) is 4.03. The number of halogens is 2. The molecule has 0 amide bonds. The molecule has 2 saturated heterocycles. The molecule has 114 valence electrons. The lowest BCUT2D eigenvalue weighted by Crippen LogP contribution is -2.41. The van der Waals surface area contributed by atoms with Gasteiger partial charge in [0.2, 0.25) is 0 Å². The standard InChI is InChI=1S/C16H20Cl2N2O/c1-20-11-4-6-16(20)13(9-19-21-2)12(8-11)10-3-5-14(17)15(18)7-10/h3,5,7,9,11-12,16,19H,4,6,8H2,1-2H3/t11-,12+,16+/m0/s1. The van der Waals surface area contributed by atoms with Crippen molar-refractivity contribution in [3.8, 4) is 0 Å². The van der Waals surface area contributed by atoms with Crippen molar-refractivity contribution in [2.45, 2.75) is 37.3 Å². The first kappa shape index (κ1) is 15.2. The van der Waals surface area contributed by atoms with Crippen LogP contribution in [0.15, 0.2) is 30.0 Å². The molecule has 0 spiro atoms. The van der Waals surface area contributed by atoms with Crippen LogP contribution < -0.4 is 5.48 Å². The van der Waals surface area contributed by atoms with Gasteiger partial charge in [0.05, 0.1) is 17.2 Å². The normalized spacial score (nSPS) is 30.9. The van der Waals surface area contributed by atoms with Crippen molar-refractivity contribution in [2.24, 2.45) is 0 Å². The molecule has 2 heterocycles. The molecule has 2 aliphatic heterocycles. The van der Waals surface area contributed by atoms with E-state index in [4.69, 9.17) is 28.0 Å². The molecule has 0 aliphatic carbocycles. The highest BCUT2D eigenvalue weighted by Crippen LogP contribution is 2.46. The second-order valence-electron chi connectivity index (χ2n) is 5.84. The van der Waals surface area contributed by atoms with Crippen LogP contribution >= 0.6 is 23.2 Å². The highest BCUT2D eigenvalue weighted by Gasteiger charge is 2.42. The van der Waals surface area contributed by atoms with Gasteiger partial charge in [0.15, 0.2) is 0 Å². The Morgan fingerprint density at radius 3 is 2.81 bits per heavy atom. The van der Waals surface area contributed by atoms with Gasteiger partial charge in [-0.05, 0) is 49.6 Å². The molecule has 0 saturated carbocycles. The highest BCUT2D eigenvalue weighted by molar-refractivity contribution is 6.42. The molecule has 21 heavy (non-hydrogen) atoms. The van der Waals surface area contributed by atoms with E-state index in [2.05, 4.69) is 23.5 Å². The monoisotopic (exact) mass is 326 g/mol. The van der Waals surface area contributed by atoms with E-state index < -0.39 is 0 Å². The zero-order valence-corrected chi connectivity index (χ0v) is 13.8. The summed E-state index contributed by atoms with van der Waals surface area (Å²) in [6, 6.07) is 7.10. The molecule has 0 aromatic heterocycles. The Bertz CT molecular complexity index is 561. The Labute approximate surface area is 135 Å². The van der Waals surface area contributed by atoms with Gasteiger partial charge in [-0.15, -0.1) is 0 Å². The van der Waals surface area contributed by atoms with E-state index in [1.807, 2.05) is 18.3 Å². The lowest BCUT2D eigenvalue weighted by molar-refractivity contribution is 0.124. The van der Waals surface area contributed by atoms with Gasteiger partial charge < -0.3 is 0 Å². The zero-order valence-electron chi connectivity index (χ0n) is 12.3. The van der Waals surface area contributed by atoms with E-state index in [0.717, 1.165) is 6.42 Å². The molecular weight excluding hydrogens is 307 g/mol.